The lowest BCUT2D eigenvalue weighted by Crippen LogP contribution is -2.15. The number of pyridine rings is 2. The minimum Gasteiger partial charge on any atom is -0.342 e. The molecule has 2 amide bonds. The molecular formula is C38H38N4O4. The molecule has 0 unspecified atom stereocenters. The first-order valence-electron chi connectivity index (χ1n) is 16.0. The van der Waals surface area contributed by atoms with E-state index in [0.29, 0.717) is 45.8 Å². The molecule has 0 aliphatic rings. The van der Waals surface area contributed by atoms with Gasteiger partial charge in [0.15, 0.2) is 10.9 Å². The highest BCUT2D eigenvalue weighted by Gasteiger charge is 2.15. The van der Waals surface area contributed by atoms with E-state index in [9.17, 15) is 19.2 Å². The molecule has 0 aliphatic carbocycles. The Balaban J connectivity index is 0.954. The Bertz CT molecular complexity index is 2070. The summed E-state index contributed by atoms with van der Waals surface area (Å²) in [5, 5.41) is 8.55. The Labute approximate surface area is 266 Å². The summed E-state index contributed by atoms with van der Waals surface area (Å²) in [6, 6.07) is 25.9. The average Bonchev–Trinajstić information content (AvgIpc) is 3.07. The molecule has 0 saturated carbocycles. The Hall–Kier alpha value is -5.24. The molecule has 0 saturated heterocycles. The number of carbonyl (C=O) groups is 2. The third kappa shape index (κ3) is 6.03. The lowest BCUT2D eigenvalue weighted by atomic mass is 10.1. The molecule has 2 N–H and O–H groups in total. The molecule has 6 rings (SSSR count). The van der Waals surface area contributed by atoms with Crippen molar-refractivity contribution < 1.29 is 9.59 Å². The zero-order chi connectivity index (χ0) is 32.2. The van der Waals surface area contributed by atoms with Crippen LogP contribution in [0.4, 0.5) is 11.4 Å². The monoisotopic (exact) mass is 614 g/mol. The standard InChI is InChI=1S/C38H38N4O4/c1-41-31-21-11-9-15-25(31)37(45)27-17-13-19-29(35(27)41)39-33(43)23-7-5-3-4-6-8-24-34(44)40-30-20-14-18-28-36(30)42(2)32-22-12-10-16-26(32)38(28)46/h9-22H,3-8,23-24H2,1-2H3,(H,39,43)(H,40,44). The zero-order valence-corrected chi connectivity index (χ0v) is 26.3. The van der Waals surface area contributed by atoms with E-state index in [0.717, 1.165) is 60.6 Å². The number of anilines is 2. The van der Waals surface area contributed by atoms with E-state index < -0.39 is 0 Å². The van der Waals surface area contributed by atoms with E-state index in [1.54, 1.807) is 24.3 Å². The predicted molar refractivity (Wildman–Crippen MR) is 188 cm³/mol. The predicted octanol–water partition coefficient (Wildman–Crippen LogP) is 7.39. The van der Waals surface area contributed by atoms with Crippen LogP contribution >= 0.6 is 0 Å². The number of hydrogen-bond acceptors (Lipinski definition) is 4. The first kappa shape index (κ1) is 30.8. The van der Waals surface area contributed by atoms with Gasteiger partial charge in [-0.05, 0) is 61.4 Å². The second kappa shape index (κ2) is 13.4. The number of unbranched alkanes of at least 4 members (excludes halogenated alkanes) is 5. The SMILES string of the molecule is Cn1c2ccccc2c(=O)c2cccc(NC(=O)CCCCCCCCC(=O)Nc3cccc4c(=O)c5ccccc5n(C)c34)c21. The van der Waals surface area contributed by atoms with Gasteiger partial charge in [0.25, 0.3) is 0 Å². The molecule has 4 aromatic carbocycles. The van der Waals surface area contributed by atoms with Crippen LogP contribution in [0, 0.1) is 0 Å². The molecule has 0 spiro atoms. The highest BCUT2D eigenvalue weighted by molar-refractivity contribution is 6.05. The van der Waals surface area contributed by atoms with E-state index in [4.69, 9.17) is 0 Å². The number of benzene rings is 4. The van der Waals surface area contributed by atoms with Crippen LogP contribution in [0.3, 0.4) is 0 Å². The van der Waals surface area contributed by atoms with Crippen LogP contribution in [-0.2, 0) is 23.7 Å². The van der Waals surface area contributed by atoms with Crippen molar-refractivity contribution in [2.75, 3.05) is 10.6 Å². The molecule has 0 fully saturated rings. The first-order valence-corrected chi connectivity index (χ1v) is 16.0. The number of fused-ring (bicyclic) bond motifs is 4. The van der Waals surface area contributed by atoms with Gasteiger partial charge in [0.05, 0.1) is 33.4 Å². The van der Waals surface area contributed by atoms with Crippen molar-refractivity contribution in [1.82, 2.24) is 9.13 Å². The van der Waals surface area contributed by atoms with Crippen LogP contribution in [0.2, 0.25) is 0 Å². The molecule has 8 heteroatoms. The summed E-state index contributed by atoms with van der Waals surface area (Å²) < 4.78 is 3.93. The fourth-order valence-electron chi connectivity index (χ4n) is 6.53. The van der Waals surface area contributed by atoms with Gasteiger partial charge in [-0.3, -0.25) is 19.2 Å². The summed E-state index contributed by atoms with van der Waals surface area (Å²) >= 11 is 0. The van der Waals surface area contributed by atoms with Crippen LogP contribution in [0.15, 0.2) is 94.5 Å². The van der Waals surface area contributed by atoms with Crippen molar-refractivity contribution in [3.8, 4) is 0 Å². The Morgan fingerprint density at radius 3 is 1.30 bits per heavy atom. The fourth-order valence-corrected chi connectivity index (χ4v) is 6.53. The number of aryl methyl sites for hydroxylation is 2. The Kier molecular flexibility index (Phi) is 8.97. The molecule has 46 heavy (non-hydrogen) atoms. The molecule has 0 atom stereocenters. The summed E-state index contributed by atoms with van der Waals surface area (Å²) in [5.74, 6) is -0.132. The molecule has 234 valence electrons. The van der Waals surface area contributed by atoms with Crippen molar-refractivity contribution in [3.63, 3.8) is 0 Å². The Morgan fingerprint density at radius 1 is 0.500 bits per heavy atom. The molecule has 0 bridgehead atoms. The lowest BCUT2D eigenvalue weighted by Gasteiger charge is -2.15. The van der Waals surface area contributed by atoms with Crippen molar-refractivity contribution >= 4 is 66.8 Å². The number of carbonyl (C=O) groups excluding carboxylic acids is 2. The van der Waals surface area contributed by atoms with Crippen molar-refractivity contribution in [1.29, 1.82) is 0 Å². The van der Waals surface area contributed by atoms with Crippen LogP contribution in [0.1, 0.15) is 51.4 Å². The van der Waals surface area contributed by atoms with Crippen LogP contribution < -0.4 is 21.5 Å². The van der Waals surface area contributed by atoms with Gasteiger partial charge in [-0.1, -0.05) is 62.1 Å². The average molecular weight is 615 g/mol. The minimum absolute atomic E-state index is 0.0356. The topological polar surface area (TPSA) is 102 Å². The summed E-state index contributed by atoms with van der Waals surface area (Å²) in [4.78, 5) is 51.7. The van der Waals surface area contributed by atoms with Crippen LogP contribution in [0.25, 0.3) is 43.6 Å². The molecule has 2 heterocycles. The van der Waals surface area contributed by atoms with Gasteiger partial charge in [0.1, 0.15) is 0 Å². The third-order valence-electron chi connectivity index (χ3n) is 8.86. The van der Waals surface area contributed by atoms with Crippen molar-refractivity contribution in [3.05, 3.63) is 105 Å². The quantitative estimate of drug-likeness (QED) is 0.117. The maximum atomic E-state index is 13.1. The molecule has 8 nitrogen and oxygen atoms in total. The van der Waals surface area contributed by atoms with Crippen molar-refractivity contribution in [2.24, 2.45) is 14.1 Å². The second-order valence-electron chi connectivity index (χ2n) is 11.9. The maximum Gasteiger partial charge on any atom is 0.224 e. The number of hydrogen-bond donors (Lipinski definition) is 2. The van der Waals surface area contributed by atoms with Gasteiger partial charge < -0.3 is 19.8 Å². The van der Waals surface area contributed by atoms with E-state index in [1.165, 1.54) is 0 Å². The van der Waals surface area contributed by atoms with Gasteiger partial charge in [0.2, 0.25) is 11.8 Å². The molecule has 0 aliphatic heterocycles. The smallest absolute Gasteiger partial charge is 0.224 e. The van der Waals surface area contributed by atoms with E-state index in [1.807, 2.05) is 83.9 Å². The fraction of sp³-hybridized carbons (Fsp3) is 0.263. The molecule has 0 radical (unpaired) electrons. The third-order valence-corrected chi connectivity index (χ3v) is 8.86. The molecular weight excluding hydrogens is 576 g/mol. The van der Waals surface area contributed by atoms with Gasteiger partial charge in [-0.2, -0.15) is 0 Å². The minimum atomic E-state index is -0.0660. The first-order chi connectivity index (χ1) is 22.3. The zero-order valence-electron chi connectivity index (χ0n) is 26.3. The number of nitrogens with zero attached hydrogens (tertiary/aromatic N) is 2. The maximum absolute atomic E-state index is 13.1. The van der Waals surface area contributed by atoms with Crippen LogP contribution in [-0.4, -0.2) is 20.9 Å². The molecule has 2 aromatic heterocycles. The van der Waals surface area contributed by atoms with Gasteiger partial charge in [-0.15, -0.1) is 0 Å². The number of para-hydroxylation sites is 4. The summed E-state index contributed by atoms with van der Waals surface area (Å²) in [5.41, 5.74) is 4.32. The van der Waals surface area contributed by atoms with E-state index >= 15 is 0 Å². The van der Waals surface area contributed by atoms with Gasteiger partial charge in [-0.25, -0.2) is 0 Å². The number of aromatic nitrogens is 2. The highest BCUT2D eigenvalue weighted by atomic mass is 16.2. The largest absolute Gasteiger partial charge is 0.342 e. The van der Waals surface area contributed by atoms with Crippen LogP contribution in [0.5, 0.6) is 0 Å². The van der Waals surface area contributed by atoms with Gasteiger partial charge in [0, 0.05) is 48.5 Å². The summed E-state index contributed by atoms with van der Waals surface area (Å²) in [6.45, 7) is 0. The summed E-state index contributed by atoms with van der Waals surface area (Å²) in [7, 11) is 3.83. The number of nitrogens with one attached hydrogen (secondary N) is 2. The summed E-state index contributed by atoms with van der Waals surface area (Å²) in [6.07, 6.45) is 6.18. The Morgan fingerprint density at radius 2 is 0.870 bits per heavy atom. The highest BCUT2D eigenvalue weighted by Crippen LogP contribution is 2.26. The lowest BCUT2D eigenvalue weighted by molar-refractivity contribution is -0.117. The number of amides is 2. The van der Waals surface area contributed by atoms with E-state index in [-0.39, 0.29) is 22.7 Å². The second-order valence-corrected chi connectivity index (χ2v) is 11.9. The van der Waals surface area contributed by atoms with E-state index in [2.05, 4.69) is 10.6 Å². The normalized spacial score (nSPS) is 11.4. The van der Waals surface area contributed by atoms with Crippen molar-refractivity contribution in [2.45, 2.75) is 51.4 Å². The molecule has 6 aromatic rings. The van der Waals surface area contributed by atoms with Gasteiger partial charge >= 0.3 is 0 Å². The number of rotatable bonds is 11.